The van der Waals surface area contributed by atoms with Crippen LogP contribution in [-0.2, 0) is 14.2 Å². The van der Waals surface area contributed by atoms with E-state index in [1.807, 2.05) is 13.8 Å². The standard InChI is InChI=1S/C27H37N4O8P/c1-16(2)15-21(24(32)30-20(27(35)36)11-3-4-13-28)29-22(40(37,38)39)12-14-31-25(33)18-9-5-7-17-8-6-10-19(23(17)18)26(31)34/h5-10,16,20-22,29H,3-4,11-15,28H2,1-2H3,(H,30,32)(H,35,36)(H2,37,38,39)/t20?,21?,22-/m0/s1. The number of carbonyl (C=O) groups excluding carboxylic acids is 3. The van der Waals surface area contributed by atoms with Crippen LogP contribution in [0.4, 0.5) is 0 Å². The summed E-state index contributed by atoms with van der Waals surface area (Å²) in [6.45, 7) is 3.70. The number of rotatable bonds is 15. The van der Waals surface area contributed by atoms with E-state index < -0.39 is 49.2 Å². The molecule has 0 fully saturated rings. The molecular weight excluding hydrogens is 539 g/mol. The number of hydrogen-bond donors (Lipinski definition) is 6. The molecule has 1 heterocycles. The molecule has 3 atom stereocenters. The highest BCUT2D eigenvalue weighted by Gasteiger charge is 2.38. The van der Waals surface area contributed by atoms with Crippen molar-refractivity contribution >= 4 is 42.1 Å². The van der Waals surface area contributed by atoms with Gasteiger partial charge in [0.1, 0.15) is 11.8 Å². The fourth-order valence-electron chi connectivity index (χ4n) is 4.86. The molecule has 2 aromatic rings. The minimum absolute atomic E-state index is 0.0802. The minimum Gasteiger partial charge on any atom is -0.480 e. The predicted octanol–water partition coefficient (Wildman–Crippen LogP) is 2.03. The molecule has 2 aromatic carbocycles. The number of aliphatic carboxylic acids is 1. The van der Waals surface area contributed by atoms with Gasteiger partial charge in [0.15, 0.2) is 0 Å². The Bertz CT molecular complexity index is 1260. The number of nitrogens with one attached hydrogen (secondary N) is 2. The predicted molar refractivity (Wildman–Crippen MR) is 149 cm³/mol. The molecular formula is C27H37N4O8P. The van der Waals surface area contributed by atoms with E-state index in [-0.39, 0.29) is 31.7 Å². The first-order chi connectivity index (χ1) is 18.8. The number of unbranched alkanes of at least 4 members (excludes halogenated alkanes) is 1. The van der Waals surface area contributed by atoms with Gasteiger partial charge in [-0.15, -0.1) is 0 Å². The number of imide groups is 1. The molecule has 2 unspecified atom stereocenters. The molecule has 0 saturated heterocycles. The van der Waals surface area contributed by atoms with Crippen molar-refractivity contribution in [1.82, 2.24) is 15.5 Å². The number of nitrogens with two attached hydrogens (primary N) is 1. The number of hydrogen-bond acceptors (Lipinski definition) is 7. The van der Waals surface area contributed by atoms with Crippen LogP contribution in [0.25, 0.3) is 10.8 Å². The fourth-order valence-corrected chi connectivity index (χ4v) is 5.69. The lowest BCUT2D eigenvalue weighted by Crippen LogP contribution is -2.53. The third-order valence-corrected chi connectivity index (χ3v) is 8.09. The smallest absolute Gasteiger partial charge is 0.342 e. The molecule has 1 aliphatic rings. The maximum absolute atomic E-state index is 13.2. The van der Waals surface area contributed by atoms with Gasteiger partial charge in [-0.05, 0) is 62.1 Å². The molecule has 1 aliphatic heterocycles. The lowest BCUT2D eigenvalue weighted by molar-refractivity contribution is -0.142. The molecule has 7 N–H and O–H groups in total. The second kappa shape index (κ2) is 13.5. The Morgan fingerprint density at radius 3 is 2.08 bits per heavy atom. The van der Waals surface area contributed by atoms with Crippen LogP contribution in [0.15, 0.2) is 36.4 Å². The normalized spacial score (nSPS) is 15.8. The number of benzene rings is 2. The van der Waals surface area contributed by atoms with Crippen molar-refractivity contribution in [2.24, 2.45) is 11.7 Å². The van der Waals surface area contributed by atoms with Crippen molar-refractivity contribution in [3.05, 3.63) is 47.5 Å². The molecule has 3 rings (SSSR count). The van der Waals surface area contributed by atoms with E-state index in [1.165, 1.54) is 0 Å². The number of nitrogens with zero attached hydrogens (tertiary/aromatic N) is 1. The van der Waals surface area contributed by atoms with Gasteiger partial charge in [-0.1, -0.05) is 38.1 Å². The highest BCUT2D eigenvalue weighted by molar-refractivity contribution is 7.52. The van der Waals surface area contributed by atoms with Gasteiger partial charge in [0.25, 0.3) is 11.8 Å². The van der Waals surface area contributed by atoms with E-state index >= 15 is 0 Å². The average molecular weight is 577 g/mol. The van der Waals surface area contributed by atoms with Gasteiger partial charge in [0.05, 0.1) is 6.04 Å². The second-order valence-corrected chi connectivity index (χ2v) is 12.2. The van der Waals surface area contributed by atoms with Gasteiger partial charge < -0.3 is 25.9 Å². The average Bonchev–Trinajstić information content (AvgIpc) is 2.88. The van der Waals surface area contributed by atoms with Gasteiger partial charge >= 0.3 is 13.6 Å². The first kappa shape index (κ1) is 31.4. The van der Waals surface area contributed by atoms with Crippen LogP contribution in [0, 0.1) is 5.92 Å². The van der Waals surface area contributed by atoms with Crippen molar-refractivity contribution in [2.45, 2.75) is 63.8 Å². The van der Waals surface area contributed by atoms with Gasteiger partial charge in [0.2, 0.25) is 5.91 Å². The van der Waals surface area contributed by atoms with Crippen molar-refractivity contribution in [2.75, 3.05) is 13.1 Å². The van der Waals surface area contributed by atoms with Crippen molar-refractivity contribution in [3.8, 4) is 0 Å². The first-order valence-electron chi connectivity index (χ1n) is 13.3. The number of carboxylic acids is 1. The Hall–Kier alpha value is -3.15. The minimum atomic E-state index is -4.88. The van der Waals surface area contributed by atoms with Crippen LogP contribution in [0.5, 0.6) is 0 Å². The van der Waals surface area contributed by atoms with Gasteiger partial charge in [-0.25, -0.2) is 4.79 Å². The zero-order valence-electron chi connectivity index (χ0n) is 22.6. The molecule has 12 nitrogen and oxygen atoms in total. The van der Waals surface area contributed by atoms with Crippen LogP contribution in [-0.4, -0.2) is 74.4 Å². The van der Waals surface area contributed by atoms with Crippen molar-refractivity contribution in [3.63, 3.8) is 0 Å². The van der Waals surface area contributed by atoms with Gasteiger partial charge in [0, 0.05) is 23.1 Å². The molecule has 218 valence electrons. The largest absolute Gasteiger partial charge is 0.480 e. The highest BCUT2D eigenvalue weighted by atomic mass is 31.2. The lowest BCUT2D eigenvalue weighted by Gasteiger charge is -2.31. The summed E-state index contributed by atoms with van der Waals surface area (Å²) < 4.78 is 12.5. The Balaban J connectivity index is 1.78. The topological polar surface area (TPSA) is 199 Å². The number of carboxylic acid groups (broad SMARTS) is 1. The molecule has 0 aliphatic carbocycles. The molecule has 3 amide bonds. The van der Waals surface area contributed by atoms with Gasteiger partial charge in [-0.3, -0.25) is 29.2 Å². The van der Waals surface area contributed by atoms with Crippen LogP contribution in [0.2, 0.25) is 0 Å². The van der Waals surface area contributed by atoms with E-state index in [1.54, 1.807) is 36.4 Å². The second-order valence-electron chi connectivity index (χ2n) is 10.4. The zero-order valence-corrected chi connectivity index (χ0v) is 23.5. The Morgan fingerprint density at radius 2 is 1.57 bits per heavy atom. The van der Waals surface area contributed by atoms with E-state index in [0.717, 1.165) is 10.3 Å². The molecule has 40 heavy (non-hydrogen) atoms. The van der Waals surface area contributed by atoms with Crippen molar-refractivity contribution in [1.29, 1.82) is 0 Å². The van der Waals surface area contributed by atoms with E-state index in [0.29, 0.717) is 35.9 Å². The Kier molecular flexibility index (Phi) is 10.6. The summed E-state index contributed by atoms with van der Waals surface area (Å²) in [5.74, 6) is -4.73. The number of amides is 3. The summed E-state index contributed by atoms with van der Waals surface area (Å²) in [5, 5.41) is 16.0. The SMILES string of the molecule is CC(C)CC(N[C@H](CCN1C(=O)c2cccc3cccc(c23)C1=O)P(=O)(O)O)C(=O)NC(CCCCN)C(=O)O. The maximum Gasteiger partial charge on any atom is 0.342 e. The highest BCUT2D eigenvalue weighted by Crippen LogP contribution is 2.42. The van der Waals surface area contributed by atoms with Crippen LogP contribution >= 0.6 is 7.60 Å². The monoisotopic (exact) mass is 576 g/mol. The number of carbonyl (C=O) groups is 4. The Labute approximate surface area is 232 Å². The van der Waals surface area contributed by atoms with Gasteiger partial charge in [-0.2, -0.15) is 0 Å². The molecule has 0 bridgehead atoms. The molecule has 0 radical (unpaired) electrons. The maximum atomic E-state index is 13.2. The zero-order chi connectivity index (χ0) is 29.6. The van der Waals surface area contributed by atoms with E-state index in [2.05, 4.69) is 10.6 Å². The molecule has 0 spiro atoms. The quantitative estimate of drug-likeness (QED) is 0.104. The van der Waals surface area contributed by atoms with E-state index in [4.69, 9.17) is 5.73 Å². The van der Waals surface area contributed by atoms with Crippen LogP contribution < -0.4 is 16.4 Å². The molecule has 13 heteroatoms. The molecule has 0 aromatic heterocycles. The molecule has 0 saturated carbocycles. The van der Waals surface area contributed by atoms with Crippen molar-refractivity contribution < 1.29 is 38.6 Å². The summed E-state index contributed by atoms with van der Waals surface area (Å²) in [4.78, 5) is 72.4. The summed E-state index contributed by atoms with van der Waals surface area (Å²) in [7, 11) is -4.88. The van der Waals surface area contributed by atoms with Crippen LogP contribution in [0.3, 0.4) is 0 Å². The third-order valence-electron chi connectivity index (χ3n) is 6.87. The van der Waals surface area contributed by atoms with E-state index in [9.17, 15) is 38.6 Å². The lowest BCUT2D eigenvalue weighted by atomic mass is 9.94. The summed E-state index contributed by atoms with van der Waals surface area (Å²) >= 11 is 0. The fraction of sp³-hybridized carbons (Fsp3) is 0.481. The van der Waals surface area contributed by atoms with Crippen LogP contribution in [0.1, 0.15) is 66.7 Å². The first-order valence-corrected chi connectivity index (χ1v) is 15.0. The summed E-state index contributed by atoms with van der Waals surface area (Å²) in [6, 6.07) is 7.86. The Morgan fingerprint density at radius 1 is 0.975 bits per heavy atom. The summed E-state index contributed by atoms with van der Waals surface area (Å²) in [6.07, 6.45) is 1.05. The summed E-state index contributed by atoms with van der Waals surface area (Å²) in [5.41, 5.74) is 6.11. The third kappa shape index (κ3) is 7.52.